The lowest BCUT2D eigenvalue weighted by molar-refractivity contribution is -0.137. The normalized spacial score (nSPS) is 11.4. The molecule has 6 nitrogen and oxygen atoms in total. The molecule has 3 rings (SSSR count). The van der Waals surface area contributed by atoms with Crippen molar-refractivity contribution in [1.82, 2.24) is 15.0 Å². The van der Waals surface area contributed by atoms with E-state index in [-0.39, 0.29) is 33.9 Å². The number of nitrogen functional groups attached to an aromatic ring is 1. The smallest absolute Gasteiger partial charge is 0.393 e. The van der Waals surface area contributed by atoms with Crippen LogP contribution in [0.4, 0.5) is 46.4 Å². The van der Waals surface area contributed by atoms with E-state index in [0.29, 0.717) is 10.7 Å². The summed E-state index contributed by atoms with van der Waals surface area (Å²) in [5.41, 5.74) is 5.09. The van der Waals surface area contributed by atoms with Crippen LogP contribution in [0.1, 0.15) is 5.56 Å². The molecule has 2 heterocycles. The van der Waals surface area contributed by atoms with E-state index in [1.54, 1.807) is 6.07 Å². The van der Waals surface area contributed by atoms with Crippen molar-refractivity contribution >= 4 is 56.4 Å². The van der Waals surface area contributed by atoms with Crippen LogP contribution < -0.4 is 16.4 Å². The van der Waals surface area contributed by atoms with Crippen molar-refractivity contribution in [3.8, 4) is 0 Å². The Bertz CT molecular complexity index is 1030. The maximum Gasteiger partial charge on any atom is 0.417 e. The van der Waals surface area contributed by atoms with Crippen LogP contribution in [0.5, 0.6) is 0 Å². The first kappa shape index (κ1) is 20.1. The Morgan fingerprint density at radius 1 is 1.00 bits per heavy atom. The maximum atomic E-state index is 14.0. The number of hydrogen-bond acceptors (Lipinski definition) is 6. The summed E-state index contributed by atoms with van der Waals surface area (Å²) in [6.07, 6.45) is -2.81. The van der Waals surface area contributed by atoms with Gasteiger partial charge in [-0.05, 0) is 24.3 Å². The molecule has 0 amide bonds. The lowest BCUT2D eigenvalue weighted by Crippen LogP contribution is -2.09. The fourth-order valence-corrected chi connectivity index (χ4v) is 2.66. The van der Waals surface area contributed by atoms with E-state index in [9.17, 15) is 17.6 Å². The average Bonchev–Trinajstić information content (AvgIpc) is 2.61. The number of nitrogens with two attached hydrogens (primary N) is 1. The van der Waals surface area contributed by atoms with E-state index in [4.69, 9.17) is 17.3 Å². The predicted molar refractivity (Wildman–Crippen MR) is 101 cm³/mol. The zero-order valence-corrected chi connectivity index (χ0v) is 16.0. The number of nitrogens with one attached hydrogen (secondary N) is 2. The molecule has 3 aromatic rings. The summed E-state index contributed by atoms with van der Waals surface area (Å²) < 4.78 is 52.7. The minimum atomic E-state index is -4.57. The van der Waals surface area contributed by atoms with Crippen LogP contribution >= 0.6 is 27.5 Å². The highest BCUT2D eigenvalue weighted by Gasteiger charge is 2.31. The molecule has 28 heavy (non-hydrogen) atoms. The number of anilines is 5. The SMILES string of the molecule is Nc1c(Nc2ccc(Br)cc2F)ncnc1Nc1ncc(C(F)(F)F)cc1Cl. The number of aromatic nitrogens is 3. The van der Waals surface area contributed by atoms with Gasteiger partial charge in [0.05, 0.1) is 16.3 Å². The van der Waals surface area contributed by atoms with Gasteiger partial charge < -0.3 is 16.4 Å². The molecule has 0 spiro atoms. The van der Waals surface area contributed by atoms with Crippen molar-refractivity contribution in [2.75, 3.05) is 16.4 Å². The molecular weight excluding hydrogens is 468 g/mol. The number of rotatable bonds is 4. The van der Waals surface area contributed by atoms with Crippen LogP contribution in [0.25, 0.3) is 0 Å². The molecule has 0 saturated heterocycles. The lowest BCUT2D eigenvalue weighted by Gasteiger charge is -2.14. The van der Waals surface area contributed by atoms with Gasteiger partial charge in [-0.15, -0.1) is 0 Å². The summed E-state index contributed by atoms with van der Waals surface area (Å²) in [5.74, 6) is -0.513. The Morgan fingerprint density at radius 2 is 1.68 bits per heavy atom. The molecule has 0 bridgehead atoms. The predicted octanol–water partition coefficient (Wildman–Crippen LogP) is 5.51. The monoisotopic (exact) mass is 476 g/mol. The second kappa shape index (κ2) is 7.76. The first-order chi connectivity index (χ1) is 13.1. The molecule has 0 aliphatic heterocycles. The van der Waals surface area contributed by atoms with Gasteiger partial charge in [-0.3, -0.25) is 0 Å². The Hall–Kier alpha value is -2.66. The third-order valence-corrected chi connectivity index (χ3v) is 4.25. The molecular formula is C16H10BrClF4N6. The molecule has 0 aliphatic rings. The van der Waals surface area contributed by atoms with Gasteiger partial charge in [0.15, 0.2) is 11.6 Å². The summed E-state index contributed by atoms with van der Waals surface area (Å²) in [4.78, 5) is 11.5. The molecule has 4 N–H and O–H groups in total. The van der Waals surface area contributed by atoms with Crippen LogP contribution in [0.3, 0.4) is 0 Å². The van der Waals surface area contributed by atoms with Crippen molar-refractivity contribution < 1.29 is 17.6 Å². The largest absolute Gasteiger partial charge is 0.417 e. The van der Waals surface area contributed by atoms with E-state index < -0.39 is 17.6 Å². The van der Waals surface area contributed by atoms with Crippen molar-refractivity contribution in [1.29, 1.82) is 0 Å². The summed E-state index contributed by atoms with van der Waals surface area (Å²) in [5, 5.41) is 5.09. The summed E-state index contributed by atoms with van der Waals surface area (Å²) in [7, 11) is 0. The van der Waals surface area contributed by atoms with Gasteiger partial charge in [-0.1, -0.05) is 27.5 Å². The van der Waals surface area contributed by atoms with Crippen LogP contribution in [0.15, 0.2) is 41.3 Å². The van der Waals surface area contributed by atoms with E-state index in [1.165, 1.54) is 12.1 Å². The van der Waals surface area contributed by atoms with Crippen LogP contribution in [0, 0.1) is 5.82 Å². The third-order valence-electron chi connectivity index (χ3n) is 3.47. The van der Waals surface area contributed by atoms with E-state index in [1.807, 2.05) is 0 Å². The van der Waals surface area contributed by atoms with Crippen LogP contribution in [-0.4, -0.2) is 15.0 Å². The number of alkyl halides is 3. The Kier molecular flexibility index (Phi) is 5.57. The highest BCUT2D eigenvalue weighted by molar-refractivity contribution is 9.10. The molecule has 146 valence electrons. The zero-order chi connectivity index (χ0) is 20.5. The standard InChI is InChI=1S/C16H10BrClF4N6/c17-8-1-2-11(10(19)4-8)27-14-12(23)15(26-6-25-14)28-13-9(18)3-7(5-24-13)16(20,21)22/h1-6H,23H2,(H2,24,25,26,27,28). The maximum absolute atomic E-state index is 14.0. The second-order valence-corrected chi connectivity index (χ2v) is 6.73. The van der Waals surface area contributed by atoms with Gasteiger partial charge in [-0.2, -0.15) is 13.2 Å². The van der Waals surface area contributed by atoms with Crippen LogP contribution in [0.2, 0.25) is 5.02 Å². The quantitative estimate of drug-likeness (QED) is 0.429. The van der Waals surface area contributed by atoms with E-state index in [0.717, 1.165) is 12.4 Å². The van der Waals surface area contributed by atoms with E-state index >= 15 is 0 Å². The lowest BCUT2D eigenvalue weighted by atomic mass is 10.2. The first-order valence-electron chi connectivity index (χ1n) is 7.47. The Labute approximate surface area is 169 Å². The molecule has 0 saturated carbocycles. The van der Waals surface area contributed by atoms with Gasteiger partial charge in [0.1, 0.15) is 23.6 Å². The van der Waals surface area contributed by atoms with Crippen LogP contribution in [-0.2, 0) is 6.18 Å². The molecule has 0 atom stereocenters. The minimum absolute atomic E-state index is 0.0115. The Balaban J connectivity index is 1.87. The van der Waals surface area contributed by atoms with Gasteiger partial charge in [0.2, 0.25) is 0 Å². The first-order valence-corrected chi connectivity index (χ1v) is 8.64. The highest BCUT2D eigenvalue weighted by atomic mass is 79.9. The highest BCUT2D eigenvalue weighted by Crippen LogP contribution is 2.34. The molecule has 2 aromatic heterocycles. The average molecular weight is 478 g/mol. The molecule has 0 radical (unpaired) electrons. The summed E-state index contributed by atoms with van der Waals surface area (Å²) in [6.45, 7) is 0. The second-order valence-electron chi connectivity index (χ2n) is 5.41. The van der Waals surface area contributed by atoms with Gasteiger partial charge in [0.25, 0.3) is 0 Å². The van der Waals surface area contributed by atoms with Crippen molar-refractivity contribution in [3.63, 3.8) is 0 Å². The van der Waals surface area contributed by atoms with Crippen molar-refractivity contribution in [2.45, 2.75) is 6.18 Å². The number of benzene rings is 1. The minimum Gasteiger partial charge on any atom is -0.393 e. The molecule has 0 aliphatic carbocycles. The third kappa shape index (κ3) is 4.42. The number of hydrogen-bond donors (Lipinski definition) is 3. The zero-order valence-electron chi connectivity index (χ0n) is 13.7. The number of halogens is 6. The summed E-state index contributed by atoms with van der Waals surface area (Å²) in [6, 6.07) is 5.08. The Morgan fingerprint density at radius 3 is 2.29 bits per heavy atom. The molecule has 12 heteroatoms. The number of pyridine rings is 1. The van der Waals surface area contributed by atoms with Gasteiger partial charge in [-0.25, -0.2) is 19.3 Å². The molecule has 1 aromatic carbocycles. The fourth-order valence-electron chi connectivity index (χ4n) is 2.11. The van der Waals surface area contributed by atoms with E-state index in [2.05, 4.69) is 41.5 Å². The van der Waals surface area contributed by atoms with Gasteiger partial charge in [0, 0.05) is 10.7 Å². The number of nitrogens with zero attached hydrogens (tertiary/aromatic N) is 3. The molecule has 0 unspecified atom stereocenters. The topological polar surface area (TPSA) is 88.8 Å². The molecule has 0 fully saturated rings. The van der Waals surface area contributed by atoms with Crippen molar-refractivity contribution in [2.24, 2.45) is 0 Å². The fraction of sp³-hybridized carbons (Fsp3) is 0.0625. The summed E-state index contributed by atoms with van der Waals surface area (Å²) >= 11 is 9.01. The van der Waals surface area contributed by atoms with Crippen molar-refractivity contribution in [3.05, 3.63) is 57.7 Å². The van der Waals surface area contributed by atoms with Gasteiger partial charge >= 0.3 is 6.18 Å².